The molecule has 0 radical (unpaired) electrons. The molecule has 2 aromatic carbocycles. The topological polar surface area (TPSA) is 101 Å². The Balaban J connectivity index is 1.32. The van der Waals surface area contributed by atoms with Gasteiger partial charge in [-0.15, -0.1) is 0 Å². The number of rotatable bonds is 6. The number of aryl methyl sites for hydroxylation is 3. The van der Waals surface area contributed by atoms with E-state index >= 15 is 0 Å². The van der Waals surface area contributed by atoms with Gasteiger partial charge in [0.25, 0.3) is 11.8 Å². The molecule has 0 atom stereocenters. The van der Waals surface area contributed by atoms with Crippen LogP contribution in [0.15, 0.2) is 66.9 Å². The van der Waals surface area contributed by atoms with Gasteiger partial charge >= 0.3 is 0 Å². The van der Waals surface area contributed by atoms with E-state index in [1.807, 2.05) is 68.6 Å². The normalized spacial score (nSPS) is 13.5. The summed E-state index contributed by atoms with van der Waals surface area (Å²) in [4.78, 5) is 31.3. The van der Waals surface area contributed by atoms with Gasteiger partial charge in [-0.05, 0) is 61.4 Å². The molecule has 2 amide bonds. The second-order valence-electron chi connectivity index (χ2n) is 9.70. The summed E-state index contributed by atoms with van der Waals surface area (Å²) in [6.45, 7) is 2.00. The van der Waals surface area contributed by atoms with Crippen LogP contribution in [0.4, 0.5) is 23.0 Å². The second-order valence-corrected chi connectivity index (χ2v) is 9.70. The minimum Gasteiger partial charge on any atom is -0.338 e. The number of hydrogen-bond donors (Lipinski definition) is 3. The molecule has 0 fully saturated rings. The number of aromatic nitrogens is 3. The van der Waals surface area contributed by atoms with Crippen molar-refractivity contribution in [1.29, 1.82) is 0 Å². The largest absolute Gasteiger partial charge is 0.338 e. The first-order valence-electron chi connectivity index (χ1n) is 12.8. The quantitative estimate of drug-likeness (QED) is 0.336. The van der Waals surface area contributed by atoms with Gasteiger partial charge in [0.1, 0.15) is 5.82 Å². The first kappa shape index (κ1) is 23.7. The number of carbonyl (C=O) groups excluding carboxylic acids is 2. The maximum Gasteiger partial charge on any atom is 0.258 e. The van der Waals surface area contributed by atoms with Crippen molar-refractivity contribution in [2.75, 3.05) is 16.0 Å². The summed E-state index contributed by atoms with van der Waals surface area (Å²) in [5.74, 6) is 0.616. The monoisotopic (exact) mass is 504 g/mol. The number of fused-ring (bicyclic) bond motifs is 2. The van der Waals surface area contributed by atoms with E-state index in [0.29, 0.717) is 34.9 Å². The van der Waals surface area contributed by atoms with E-state index in [4.69, 9.17) is 0 Å². The lowest BCUT2D eigenvalue weighted by Gasteiger charge is -2.16. The van der Waals surface area contributed by atoms with Crippen molar-refractivity contribution in [3.63, 3.8) is 0 Å². The smallest absolute Gasteiger partial charge is 0.258 e. The Labute approximate surface area is 220 Å². The number of hydrogen-bond acceptors (Lipinski definition) is 5. The van der Waals surface area contributed by atoms with Gasteiger partial charge < -0.3 is 16.0 Å². The van der Waals surface area contributed by atoms with Crippen molar-refractivity contribution in [3.05, 3.63) is 100 Å². The average molecular weight is 505 g/mol. The number of pyridine rings is 1. The molecule has 0 aliphatic heterocycles. The predicted octanol–water partition coefficient (Wildman–Crippen LogP) is 5.19. The maximum atomic E-state index is 13.4. The molecule has 2 aromatic heterocycles. The van der Waals surface area contributed by atoms with E-state index in [2.05, 4.69) is 26.0 Å². The van der Waals surface area contributed by atoms with Gasteiger partial charge in [0.15, 0.2) is 5.82 Å². The Morgan fingerprint density at radius 1 is 0.947 bits per heavy atom. The highest BCUT2D eigenvalue weighted by Gasteiger charge is 2.24. The third kappa shape index (κ3) is 4.34. The minimum absolute atomic E-state index is 0.244. The summed E-state index contributed by atoms with van der Waals surface area (Å²) in [5, 5.41) is 13.9. The molecule has 6 rings (SSSR count). The number of allylic oxidation sites excluding steroid dienone is 1. The SMILES string of the molecule is Cc1ccccc1Nc1ncc(C(=O)Nc2c3c(nn2C)CCC3)cc1NC(=O)C1=CCc2ccccc21. The predicted molar refractivity (Wildman–Crippen MR) is 149 cm³/mol. The molecule has 4 aromatic rings. The Bertz CT molecular complexity index is 1620. The number of amides is 2. The fraction of sp³-hybridized carbons (Fsp3) is 0.200. The molecular formula is C30H28N6O2. The Morgan fingerprint density at radius 2 is 1.76 bits per heavy atom. The third-order valence-electron chi connectivity index (χ3n) is 7.18. The zero-order valence-electron chi connectivity index (χ0n) is 21.3. The van der Waals surface area contributed by atoms with Gasteiger partial charge in [-0.2, -0.15) is 5.10 Å². The summed E-state index contributed by atoms with van der Waals surface area (Å²) in [6.07, 6.45) is 7.03. The van der Waals surface area contributed by atoms with Crippen molar-refractivity contribution in [2.45, 2.75) is 32.6 Å². The average Bonchev–Trinajstić information content (AvgIpc) is 3.62. The number of nitrogens with zero attached hydrogens (tertiary/aromatic N) is 3. The van der Waals surface area contributed by atoms with Crippen LogP contribution in [0.1, 0.15) is 44.7 Å². The van der Waals surface area contributed by atoms with Crippen LogP contribution in [0.2, 0.25) is 0 Å². The minimum atomic E-state index is -0.307. The zero-order chi connectivity index (χ0) is 26.2. The summed E-state index contributed by atoms with van der Waals surface area (Å²) < 4.78 is 1.72. The molecule has 0 bridgehead atoms. The molecule has 38 heavy (non-hydrogen) atoms. The van der Waals surface area contributed by atoms with E-state index in [9.17, 15) is 9.59 Å². The third-order valence-corrected chi connectivity index (χ3v) is 7.18. The molecule has 0 unspecified atom stereocenters. The van der Waals surface area contributed by atoms with Crippen molar-refractivity contribution >= 4 is 40.4 Å². The number of benzene rings is 2. The van der Waals surface area contributed by atoms with Gasteiger partial charge in [-0.25, -0.2) is 4.98 Å². The molecule has 2 heterocycles. The highest BCUT2D eigenvalue weighted by Crippen LogP contribution is 2.32. The van der Waals surface area contributed by atoms with Crippen LogP contribution in [0.3, 0.4) is 0 Å². The van der Waals surface area contributed by atoms with Crippen molar-refractivity contribution in [1.82, 2.24) is 14.8 Å². The van der Waals surface area contributed by atoms with Gasteiger partial charge in [0, 0.05) is 30.1 Å². The van der Waals surface area contributed by atoms with E-state index in [-0.39, 0.29) is 11.8 Å². The lowest BCUT2D eigenvalue weighted by Crippen LogP contribution is -2.18. The van der Waals surface area contributed by atoms with Crippen LogP contribution in [0.5, 0.6) is 0 Å². The zero-order valence-corrected chi connectivity index (χ0v) is 21.3. The van der Waals surface area contributed by atoms with E-state index in [0.717, 1.165) is 52.9 Å². The molecule has 8 heteroatoms. The molecule has 0 saturated heterocycles. The van der Waals surface area contributed by atoms with E-state index in [1.54, 1.807) is 10.7 Å². The molecule has 0 saturated carbocycles. The van der Waals surface area contributed by atoms with E-state index in [1.165, 1.54) is 6.20 Å². The molecular weight excluding hydrogens is 476 g/mol. The number of nitrogens with one attached hydrogen (secondary N) is 3. The van der Waals surface area contributed by atoms with E-state index < -0.39 is 0 Å². The van der Waals surface area contributed by atoms with Crippen LogP contribution in [0, 0.1) is 6.92 Å². The lowest BCUT2D eigenvalue weighted by molar-refractivity contribution is -0.111. The van der Waals surface area contributed by atoms with Crippen LogP contribution in [-0.2, 0) is 31.1 Å². The highest BCUT2D eigenvalue weighted by molar-refractivity contribution is 6.27. The molecule has 2 aliphatic carbocycles. The summed E-state index contributed by atoms with van der Waals surface area (Å²) >= 11 is 0. The summed E-state index contributed by atoms with van der Waals surface area (Å²) in [6, 6.07) is 17.4. The number of carbonyl (C=O) groups is 2. The fourth-order valence-electron chi connectivity index (χ4n) is 5.17. The second kappa shape index (κ2) is 9.63. The Kier molecular flexibility index (Phi) is 5.99. The molecule has 0 spiro atoms. The van der Waals surface area contributed by atoms with Gasteiger partial charge in [0.2, 0.25) is 0 Å². The number of anilines is 4. The van der Waals surface area contributed by atoms with Crippen LogP contribution in [0.25, 0.3) is 5.57 Å². The highest BCUT2D eigenvalue weighted by atomic mass is 16.2. The maximum absolute atomic E-state index is 13.4. The van der Waals surface area contributed by atoms with Crippen molar-refractivity contribution in [2.24, 2.45) is 7.05 Å². The molecule has 2 aliphatic rings. The van der Waals surface area contributed by atoms with Crippen LogP contribution >= 0.6 is 0 Å². The lowest BCUT2D eigenvalue weighted by atomic mass is 10.1. The number of para-hydroxylation sites is 1. The van der Waals surface area contributed by atoms with Crippen LogP contribution < -0.4 is 16.0 Å². The first-order chi connectivity index (χ1) is 18.5. The standard InChI is InChI=1S/C30H28N6O2/c1-18-8-3-6-12-24(18)32-27-26(33-30(38)22-15-14-19-9-4-5-10-21(19)22)16-20(17-31-27)29(37)34-28-23-11-7-13-25(23)35-36(28)2/h3-6,8-10,12,15-17H,7,11,13-14H2,1-2H3,(H,31,32)(H,33,38)(H,34,37). The molecule has 8 nitrogen and oxygen atoms in total. The molecule has 3 N–H and O–H groups in total. The van der Waals surface area contributed by atoms with Crippen molar-refractivity contribution < 1.29 is 9.59 Å². The Morgan fingerprint density at radius 3 is 2.63 bits per heavy atom. The molecule has 190 valence electrons. The van der Waals surface area contributed by atoms with Crippen molar-refractivity contribution in [3.8, 4) is 0 Å². The van der Waals surface area contributed by atoms with Gasteiger partial charge in [-0.3, -0.25) is 14.3 Å². The van der Waals surface area contributed by atoms with Crippen LogP contribution in [-0.4, -0.2) is 26.6 Å². The Hall–Kier alpha value is -4.72. The fourth-order valence-corrected chi connectivity index (χ4v) is 5.17. The van der Waals surface area contributed by atoms with Gasteiger partial charge in [-0.1, -0.05) is 48.5 Å². The summed E-state index contributed by atoms with van der Waals surface area (Å²) in [5.41, 5.74) is 7.44. The van der Waals surface area contributed by atoms with Gasteiger partial charge in [0.05, 0.1) is 16.9 Å². The first-order valence-corrected chi connectivity index (χ1v) is 12.8. The summed E-state index contributed by atoms with van der Waals surface area (Å²) in [7, 11) is 1.83.